The number of aliphatic carboxylic acids is 1. The average molecular weight is 329 g/mol. The van der Waals surface area contributed by atoms with Gasteiger partial charge in [-0.2, -0.15) is 0 Å². The van der Waals surface area contributed by atoms with Gasteiger partial charge in [0.2, 0.25) is 5.88 Å². The molecule has 2 aromatic rings. The van der Waals surface area contributed by atoms with Crippen LogP contribution in [0.5, 0.6) is 11.6 Å². The van der Waals surface area contributed by atoms with Crippen molar-refractivity contribution >= 4 is 11.9 Å². The smallest absolute Gasteiger partial charge is 0.331 e. The lowest BCUT2D eigenvalue weighted by atomic mass is 9.98. The minimum absolute atomic E-state index is 0.0517. The van der Waals surface area contributed by atoms with Crippen molar-refractivity contribution in [3.05, 3.63) is 48.4 Å². The Bertz CT molecular complexity index is 744. The number of carbonyl (C=O) groups excluding carboxylic acids is 1. The number of rotatable bonds is 5. The molecule has 0 saturated carbocycles. The van der Waals surface area contributed by atoms with Gasteiger partial charge in [-0.15, -0.1) is 0 Å². The first kappa shape index (κ1) is 15.9. The van der Waals surface area contributed by atoms with Crippen LogP contribution in [0, 0.1) is 0 Å². The van der Waals surface area contributed by atoms with Crippen LogP contribution in [0.25, 0.3) is 0 Å². The van der Waals surface area contributed by atoms with Gasteiger partial charge >= 0.3 is 5.97 Å². The van der Waals surface area contributed by atoms with Gasteiger partial charge in [-0.05, 0) is 18.2 Å². The van der Waals surface area contributed by atoms with Crippen LogP contribution in [-0.2, 0) is 9.53 Å². The topological polar surface area (TPSA) is 111 Å². The van der Waals surface area contributed by atoms with Crippen molar-refractivity contribution < 1.29 is 24.2 Å². The Labute approximate surface area is 137 Å². The maximum Gasteiger partial charge on any atom is 0.331 e. The van der Waals surface area contributed by atoms with E-state index in [2.05, 4.69) is 15.3 Å². The Kier molecular flexibility index (Phi) is 4.39. The van der Waals surface area contributed by atoms with Gasteiger partial charge in [-0.25, -0.2) is 9.78 Å². The number of ether oxygens (including phenoxy) is 2. The van der Waals surface area contributed by atoms with Crippen LogP contribution in [0.3, 0.4) is 0 Å². The molecule has 1 aromatic carbocycles. The zero-order chi connectivity index (χ0) is 17.0. The Balaban J connectivity index is 1.76. The minimum Gasteiger partial charge on any atom is -0.479 e. The Morgan fingerprint density at radius 2 is 2.21 bits per heavy atom. The Hall–Kier alpha value is -3.00. The van der Waals surface area contributed by atoms with Gasteiger partial charge in [0, 0.05) is 31.0 Å². The van der Waals surface area contributed by atoms with Crippen molar-refractivity contribution in [3.63, 3.8) is 0 Å². The first-order valence-corrected chi connectivity index (χ1v) is 7.27. The quantitative estimate of drug-likeness (QED) is 0.849. The number of aromatic nitrogens is 2. The first-order valence-electron chi connectivity index (χ1n) is 7.27. The van der Waals surface area contributed by atoms with Crippen LogP contribution in [-0.4, -0.2) is 45.7 Å². The molecule has 2 N–H and O–H groups in total. The molecular weight excluding hydrogens is 314 g/mol. The molecule has 1 aromatic heterocycles. The van der Waals surface area contributed by atoms with Crippen molar-refractivity contribution in [2.24, 2.45) is 0 Å². The van der Waals surface area contributed by atoms with E-state index in [1.807, 2.05) is 0 Å². The van der Waals surface area contributed by atoms with E-state index in [4.69, 9.17) is 9.47 Å². The molecule has 1 saturated heterocycles. The van der Waals surface area contributed by atoms with Crippen LogP contribution >= 0.6 is 0 Å². The molecule has 1 aliphatic heterocycles. The van der Waals surface area contributed by atoms with Gasteiger partial charge in [-0.1, -0.05) is 6.07 Å². The van der Waals surface area contributed by atoms with Crippen LogP contribution in [0.4, 0.5) is 0 Å². The Morgan fingerprint density at radius 1 is 1.33 bits per heavy atom. The largest absolute Gasteiger partial charge is 0.479 e. The lowest BCUT2D eigenvalue weighted by Crippen LogP contribution is -2.55. The molecule has 1 aliphatic rings. The molecule has 24 heavy (non-hydrogen) atoms. The standard InChI is InChI=1S/C16H15N3O5/c20-14(19-16(15(21)22)4-7-23-10-16)11-2-1-3-12(8-11)24-13-9-17-5-6-18-13/h1-3,5-6,8-9H,4,7,10H2,(H,19,20)(H,21,22). The average Bonchev–Trinajstić information content (AvgIpc) is 3.06. The highest BCUT2D eigenvalue weighted by atomic mass is 16.5. The first-order chi connectivity index (χ1) is 11.6. The van der Waals surface area contributed by atoms with Gasteiger partial charge in [0.15, 0.2) is 5.54 Å². The van der Waals surface area contributed by atoms with E-state index in [1.165, 1.54) is 24.7 Å². The molecule has 2 heterocycles. The monoisotopic (exact) mass is 329 g/mol. The number of nitrogens with zero attached hydrogens (tertiary/aromatic N) is 2. The van der Waals surface area contributed by atoms with Crippen molar-refractivity contribution in [1.29, 1.82) is 0 Å². The maximum absolute atomic E-state index is 12.4. The molecule has 124 valence electrons. The molecule has 1 atom stereocenters. The second-order valence-corrected chi connectivity index (χ2v) is 5.32. The zero-order valence-corrected chi connectivity index (χ0v) is 12.6. The van der Waals surface area contributed by atoms with Gasteiger partial charge in [-0.3, -0.25) is 9.78 Å². The number of carboxylic acid groups (broad SMARTS) is 1. The number of carbonyl (C=O) groups is 2. The molecule has 0 bridgehead atoms. The summed E-state index contributed by atoms with van der Waals surface area (Å²) in [6.07, 6.45) is 4.68. The molecule has 3 rings (SSSR count). The van der Waals surface area contributed by atoms with Gasteiger partial charge in [0.1, 0.15) is 5.75 Å². The summed E-state index contributed by atoms with van der Waals surface area (Å²) in [7, 11) is 0. The SMILES string of the molecule is O=C(NC1(C(=O)O)CCOC1)c1cccc(Oc2cnccn2)c1. The lowest BCUT2D eigenvalue weighted by Gasteiger charge is -2.23. The van der Waals surface area contributed by atoms with E-state index in [9.17, 15) is 14.7 Å². The predicted molar refractivity (Wildman–Crippen MR) is 81.8 cm³/mol. The highest BCUT2D eigenvalue weighted by Gasteiger charge is 2.44. The normalized spacial score (nSPS) is 19.7. The maximum atomic E-state index is 12.4. The molecular formula is C16H15N3O5. The summed E-state index contributed by atoms with van der Waals surface area (Å²) in [5.41, 5.74) is -1.11. The summed E-state index contributed by atoms with van der Waals surface area (Å²) in [5, 5.41) is 11.9. The number of nitrogens with one attached hydrogen (secondary N) is 1. The highest BCUT2D eigenvalue weighted by molar-refractivity contribution is 5.98. The van der Waals surface area contributed by atoms with E-state index < -0.39 is 17.4 Å². The van der Waals surface area contributed by atoms with E-state index in [1.54, 1.807) is 18.2 Å². The number of amides is 1. The van der Waals surface area contributed by atoms with Gasteiger partial charge < -0.3 is 19.9 Å². The number of hydrogen-bond donors (Lipinski definition) is 2. The lowest BCUT2D eigenvalue weighted by molar-refractivity contribution is -0.144. The third kappa shape index (κ3) is 3.33. The predicted octanol–water partition coefficient (Wildman–Crippen LogP) is 1.24. The summed E-state index contributed by atoms with van der Waals surface area (Å²) in [4.78, 5) is 31.7. The minimum atomic E-state index is -1.39. The molecule has 0 aliphatic carbocycles. The fourth-order valence-corrected chi connectivity index (χ4v) is 2.33. The summed E-state index contributed by atoms with van der Waals surface area (Å²) < 4.78 is 10.6. The number of carboxylic acids is 1. The molecule has 8 nitrogen and oxygen atoms in total. The fraction of sp³-hybridized carbons (Fsp3) is 0.250. The van der Waals surface area contributed by atoms with Gasteiger partial charge in [0.05, 0.1) is 12.8 Å². The number of hydrogen-bond acceptors (Lipinski definition) is 6. The summed E-state index contributed by atoms with van der Waals surface area (Å²) >= 11 is 0. The second kappa shape index (κ2) is 6.63. The second-order valence-electron chi connectivity index (χ2n) is 5.32. The highest BCUT2D eigenvalue weighted by Crippen LogP contribution is 2.22. The summed E-state index contributed by atoms with van der Waals surface area (Å²) in [6, 6.07) is 6.38. The molecule has 8 heteroatoms. The fourth-order valence-electron chi connectivity index (χ4n) is 2.33. The van der Waals surface area contributed by atoms with Gasteiger partial charge in [0.25, 0.3) is 5.91 Å². The van der Waals surface area contributed by atoms with Crippen LogP contribution in [0.15, 0.2) is 42.9 Å². The van der Waals surface area contributed by atoms with Crippen LogP contribution in [0.2, 0.25) is 0 Å². The molecule has 1 amide bonds. The zero-order valence-electron chi connectivity index (χ0n) is 12.6. The van der Waals surface area contributed by atoms with Crippen molar-refractivity contribution in [2.45, 2.75) is 12.0 Å². The van der Waals surface area contributed by atoms with E-state index >= 15 is 0 Å². The van der Waals surface area contributed by atoms with E-state index in [-0.39, 0.29) is 18.6 Å². The number of benzene rings is 1. The molecule has 1 unspecified atom stereocenters. The van der Waals surface area contributed by atoms with Crippen molar-refractivity contribution in [2.75, 3.05) is 13.2 Å². The summed E-state index contributed by atoms with van der Waals surface area (Å²) in [6.45, 7) is 0.242. The van der Waals surface area contributed by atoms with E-state index in [0.29, 0.717) is 18.2 Å². The molecule has 0 spiro atoms. The van der Waals surface area contributed by atoms with Crippen molar-refractivity contribution in [1.82, 2.24) is 15.3 Å². The van der Waals surface area contributed by atoms with Crippen LogP contribution in [0.1, 0.15) is 16.8 Å². The molecule has 0 radical (unpaired) electrons. The van der Waals surface area contributed by atoms with Crippen LogP contribution < -0.4 is 10.1 Å². The molecule has 1 fully saturated rings. The Morgan fingerprint density at radius 3 is 2.88 bits per heavy atom. The third-order valence-electron chi connectivity index (χ3n) is 3.64. The van der Waals surface area contributed by atoms with E-state index in [0.717, 1.165) is 0 Å². The van der Waals surface area contributed by atoms with Crippen molar-refractivity contribution in [3.8, 4) is 11.6 Å². The summed E-state index contributed by atoms with van der Waals surface area (Å²) in [5.74, 6) is -0.927. The third-order valence-corrected chi connectivity index (χ3v) is 3.64.